The number of hydrogen-bond donors (Lipinski definition) is 1. The third kappa shape index (κ3) is 17.8. The first kappa shape index (κ1) is 28.2. The van der Waals surface area contributed by atoms with Crippen LogP contribution >= 0.6 is 0 Å². The predicted octanol–water partition coefficient (Wildman–Crippen LogP) is 7.07. The van der Waals surface area contributed by atoms with Gasteiger partial charge in [-0.3, -0.25) is 9.59 Å². The van der Waals surface area contributed by atoms with Crippen LogP contribution in [0.4, 0.5) is 0 Å². The van der Waals surface area contributed by atoms with Crippen molar-refractivity contribution in [2.75, 3.05) is 6.61 Å². The van der Waals surface area contributed by atoms with Crippen LogP contribution in [-0.2, 0) is 25.7 Å². The van der Waals surface area contributed by atoms with E-state index in [9.17, 15) is 9.59 Å². The second kappa shape index (κ2) is 19.8. The van der Waals surface area contributed by atoms with Crippen molar-refractivity contribution in [3.05, 3.63) is 35.9 Å². The Bertz CT molecular complexity index is 587. The highest BCUT2D eigenvalue weighted by Gasteiger charge is 2.11. The zero-order valence-corrected chi connectivity index (χ0v) is 20.1. The van der Waals surface area contributed by atoms with Gasteiger partial charge in [0.1, 0.15) is 6.10 Å². The molecule has 1 aromatic rings. The predicted molar refractivity (Wildman–Crippen MR) is 129 cm³/mol. The summed E-state index contributed by atoms with van der Waals surface area (Å²) >= 11 is 0. The van der Waals surface area contributed by atoms with Gasteiger partial charge in [-0.2, -0.15) is 0 Å². The minimum atomic E-state index is -0.715. The molecule has 1 rings (SSSR count). The number of unbranched alkanes of at least 4 members (excludes halogenated alkanes) is 10. The maximum Gasteiger partial charge on any atom is 0.303 e. The number of esters is 1. The number of ether oxygens (including phenoxy) is 2. The molecular weight excluding hydrogens is 404 g/mol. The summed E-state index contributed by atoms with van der Waals surface area (Å²) in [4.78, 5) is 21.9. The fraction of sp³-hybridized carbons (Fsp3) is 0.704. The van der Waals surface area contributed by atoms with E-state index in [0.717, 1.165) is 64.4 Å². The topological polar surface area (TPSA) is 72.8 Å². The van der Waals surface area contributed by atoms with Crippen LogP contribution in [0.3, 0.4) is 0 Å². The number of aliphatic carboxylic acids is 1. The molecule has 0 aromatic heterocycles. The Morgan fingerprint density at radius 3 is 1.88 bits per heavy atom. The molecule has 0 saturated carbocycles. The van der Waals surface area contributed by atoms with Gasteiger partial charge in [-0.25, -0.2) is 0 Å². The Morgan fingerprint density at radius 2 is 1.31 bits per heavy atom. The van der Waals surface area contributed by atoms with Crippen molar-refractivity contribution >= 4 is 11.9 Å². The zero-order valence-electron chi connectivity index (χ0n) is 20.1. The summed E-state index contributed by atoms with van der Waals surface area (Å²) in [6.07, 6.45) is 15.4. The molecule has 1 aromatic carbocycles. The van der Waals surface area contributed by atoms with Gasteiger partial charge in [0.2, 0.25) is 0 Å². The highest BCUT2D eigenvalue weighted by molar-refractivity contribution is 5.66. The molecule has 0 bridgehead atoms. The summed E-state index contributed by atoms with van der Waals surface area (Å²) < 4.78 is 11.2. The van der Waals surface area contributed by atoms with Gasteiger partial charge in [0.05, 0.1) is 6.61 Å². The van der Waals surface area contributed by atoms with E-state index in [0.29, 0.717) is 6.61 Å². The first-order valence-corrected chi connectivity index (χ1v) is 12.6. The summed E-state index contributed by atoms with van der Waals surface area (Å²) in [5, 5.41) is 8.65. The van der Waals surface area contributed by atoms with Crippen molar-refractivity contribution in [1.82, 2.24) is 0 Å². The van der Waals surface area contributed by atoms with Crippen LogP contribution in [0.25, 0.3) is 0 Å². The Hall–Kier alpha value is -1.88. The van der Waals surface area contributed by atoms with Gasteiger partial charge >= 0.3 is 11.9 Å². The van der Waals surface area contributed by atoms with E-state index in [1.807, 2.05) is 18.2 Å². The first-order valence-electron chi connectivity index (χ1n) is 12.6. The number of carbonyl (C=O) groups excluding carboxylic acids is 1. The SMILES string of the molecule is CC(=O)OC(CCCCCCCCCOCc1ccccc1)CCCCCCCC(=O)O. The number of carbonyl (C=O) groups is 2. The number of carboxylic acids is 1. The Labute approximate surface area is 194 Å². The maximum absolute atomic E-state index is 11.4. The molecule has 32 heavy (non-hydrogen) atoms. The molecule has 0 heterocycles. The largest absolute Gasteiger partial charge is 0.481 e. The average Bonchev–Trinajstić information content (AvgIpc) is 2.76. The van der Waals surface area contributed by atoms with Crippen LogP contribution in [-0.4, -0.2) is 29.8 Å². The van der Waals surface area contributed by atoms with Gasteiger partial charge in [-0.15, -0.1) is 0 Å². The van der Waals surface area contributed by atoms with E-state index >= 15 is 0 Å². The highest BCUT2D eigenvalue weighted by atomic mass is 16.5. The molecule has 0 spiro atoms. The van der Waals surface area contributed by atoms with Crippen LogP contribution in [0.15, 0.2) is 30.3 Å². The molecule has 1 atom stereocenters. The van der Waals surface area contributed by atoms with E-state index < -0.39 is 5.97 Å². The summed E-state index contributed by atoms with van der Waals surface area (Å²) in [7, 11) is 0. The molecule has 0 amide bonds. The fourth-order valence-electron chi connectivity index (χ4n) is 3.90. The Kier molecular flexibility index (Phi) is 17.4. The van der Waals surface area contributed by atoms with Gasteiger partial charge in [0, 0.05) is 20.0 Å². The van der Waals surface area contributed by atoms with E-state index in [-0.39, 0.29) is 18.5 Å². The van der Waals surface area contributed by atoms with Gasteiger partial charge in [-0.1, -0.05) is 81.7 Å². The van der Waals surface area contributed by atoms with Crippen molar-refractivity contribution in [2.45, 2.75) is 116 Å². The Balaban J connectivity index is 1.94. The normalized spacial score (nSPS) is 11.9. The van der Waals surface area contributed by atoms with Gasteiger partial charge in [0.15, 0.2) is 0 Å². The molecule has 182 valence electrons. The van der Waals surface area contributed by atoms with Crippen LogP contribution in [0.1, 0.15) is 109 Å². The Morgan fingerprint density at radius 1 is 0.781 bits per heavy atom. The standard InChI is InChI=1S/C27H44O5/c1-24(28)32-26(20-14-7-5-8-15-21-27(29)30)19-13-6-3-2-4-9-16-22-31-23-25-17-11-10-12-18-25/h10-12,17-18,26H,2-9,13-16,19-23H2,1H3,(H,29,30). The first-order chi connectivity index (χ1) is 15.6. The lowest BCUT2D eigenvalue weighted by Crippen LogP contribution is -2.16. The minimum absolute atomic E-state index is 0.0354. The second-order valence-electron chi connectivity index (χ2n) is 8.73. The summed E-state index contributed by atoms with van der Waals surface area (Å²) in [6.45, 7) is 3.02. The molecule has 0 fully saturated rings. The number of carboxylic acid groups (broad SMARTS) is 1. The zero-order chi connectivity index (χ0) is 23.3. The molecule has 5 nitrogen and oxygen atoms in total. The molecule has 0 aliphatic heterocycles. The summed E-state index contributed by atoms with van der Waals surface area (Å²) in [5.74, 6) is -0.904. The second-order valence-corrected chi connectivity index (χ2v) is 8.73. The molecule has 0 radical (unpaired) electrons. The van der Waals surface area contributed by atoms with E-state index in [4.69, 9.17) is 14.6 Å². The third-order valence-corrected chi connectivity index (χ3v) is 5.68. The van der Waals surface area contributed by atoms with Gasteiger partial charge in [0.25, 0.3) is 0 Å². The lowest BCUT2D eigenvalue weighted by molar-refractivity contribution is -0.147. The van der Waals surface area contributed by atoms with Crippen LogP contribution in [0.5, 0.6) is 0 Å². The molecular formula is C27H44O5. The van der Waals surface area contributed by atoms with E-state index in [1.165, 1.54) is 44.6 Å². The summed E-state index contributed by atoms with van der Waals surface area (Å²) in [5.41, 5.74) is 1.23. The van der Waals surface area contributed by atoms with Crippen molar-refractivity contribution in [2.24, 2.45) is 0 Å². The van der Waals surface area contributed by atoms with E-state index in [2.05, 4.69) is 12.1 Å². The van der Waals surface area contributed by atoms with Crippen LogP contribution in [0, 0.1) is 0 Å². The molecule has 0 aliphatic carbocycles. The molecule has 0 aliphatic rings. The van der Waals surface area contributed by atoms with Crippen molar-refractivity contribution < 1.29 is 24.2 Å². The highest BCUT2D eigenvalue weighted by Crippen LogP contribution is 2.17. The van der Waals surface area contributed by atoms with E-state index in [1.54, 1.807) is 0 Å². The number of hydrogen-bond acceptors (Lipinski definition) is 4. The maximum atomic E-state index is 11.4. The van der Waals surface area contributed by atoms with Crippen LogP contribution < -0.4 is 0 Å². The number of rotatable bonds is 21. The fourth-order valence-corrected chi connectivity index (χ4v) is 3.90. The smallest absolute Gasteiger partial charge is 0.303 e. The molecule has 0 saturated heterocycles. The molecule has 5 heteroatoms. The van der Waals surface area contributed by atoms with Crippen molar-refractivity contribution in [3.8, 4) is 0 Å². The minimum Gasteiger partial charge on any atom is -0.481 e. The van der Waals surface area contributed by atoms with Crippen molar-refractivity contribution in [3.63, 3.8) is 0 Å². The van der Waals surface area contributed by atoms with Crippen LogP contribution in [0.2, 0.25) is 0 Å². The summed E-state index contributed by atoms with van der Waals surface area (Å²) in [6, 6.07) is 10.3. The quantitative estimate of drug-likeness (QED) is 0.161. The lowest BCUT2D eigenvalue weighted by atomic mass is 10.0. The number of benzene rings is 1. The average molecular weight is 449 g/mol. The van der Waals surface area contributed by atoms with Gasteiger partial charge < -0.3 is 14.6 Å². The lowest BCUT2D eigenvalue weighted by Gasteiger charge is -2.17. The molecule has 1 N–H and O–H groups in total. The van der Waals surface area contributed by atoms with Gasteiger partial charge in [-0.05, 0) is 44.1 Å². The molecule has 1 unspecified atom stereocenters. The van der Waals surface area contributed by atoms with Crippen molar-refractivity contribution in [1.29, 1.82) is 0 Å². The third-order valence-electron chi connectivity index (χ3n) is 5.68. The monoisotopic (exact) mass is 448 g/mol.